The molecule has 7 nitrogen and oxygen atoms in total. The maximum atomic E-state index is 13.9. The van der Waals surface area contributed by atoms with Crippen molar-refractivity contribution in [3.05, 3.63) is 101 Å². The molecule has 2 aromatic heterocycles. The number of pyridine rings is 1. The molecule has 0 saturated carbocycles. The number of thiocarbonyl (C=S) groups is 1. The molecule has 37 heavy (non-hydrogen) atoms. The van der Waals surface area contributed by atoms with Gasteiger partial charge < -0.3 is 24.8 Å². The largest absolute Gasteiger partial charge is 0.495 e. The summed E-state index contributed by atoms with van der Waals surface area (Å²) >= 11 is 11.9. The fourth-order valence-corrected chi connectivity index (χ4v) is 5.09. The molecule has 0 aliphatic carbocycles. The van der Waals surface area contributed by atoms with E-state index in [2.05, 4.69) is 15.6 Å². The van der Waals surface area contributed by atoms with Crippen molar-refractivity contribution in [2.75, 3.05) is 17.3 Å². The van der Waals surface area contributed by atoms with Crippen molar-refractivity contribution >= 4 is 46.2 Å². The van der Waals surface area contributed by atoms with Crippen molar-refractivity contribution in [1.82, 2.24) is 14.9 Å². The summed E-state index contributed by atoms with van der Waals surface area (Å²) in [4.78, 5) is 18.4. The fourth-order valence-electron chi connectivity index (χ4n) is 4.57. The predicted octanol–water partition coefficient (Wildman–Crippen LogP) is 5.81. The van der Waals surface area contributed by atoms with E-state index in [0.717, 1.165) is 17.1 Å². The van der Waals surface area contributed by atoms with Gasteiger partial charge in [-0.05, 0) is 72.9 Å². The van der Waals surface area contributed by atoms with Crippen LogP contribution in [0, 0.1) is 5.82 Å². The molecule has 1 fully saturated rings. The Morgan fingerprint density at radius 3 is 2.65 bits per heavy atom. The van der Waals surface area contributed by atoms with Crippen molar-refractivity contribution in [3.8, 4) is 11.4 Å². The Morgan fingerprint density at radius 2 is 1.95 bits per heavy atom. The zero-order chi connectivity index (χ0) is 26.1. The van der Waals surface area contributed by atoms with Gasteiger partial charge in [-0.3, -0.25) is 9.78 Å². The number of nitrogens with zero attached hydrogens (tertiary/aromatic N) is 3. The second kappa shape index (κ2) is 10.2. The summed E-state index contributed by atoms with van der Waals surface area (Å²) in [7, 11) is 1.54. The van der Waals surface area contributed by atoms with Gasteiger partial charge in [-0.25, -0.2) is 4.39 Å². The lowest BCUT2D eigenvalue weighted by atomic mass is 10.0. The molecule has 1 aliphatic rings. The number of ether oxygens (including phenoxy) is 1. The monoisotopic (exact) mass is 535 g/mol. The number of nitrogens with one attached hydrogen (secondary N) is 2. The summed E-state index contributed by atoms with van der Waals surface area (Å²) in [5, 5.41) is 6.77. The Bertz CT molecular complexity index is 1480. The molecule has 1 aliphatic heterocycles. The van der Waals surface area contributed by atoms with Crippen LogP contribution < -0.4 is 20.3 Å². The number of hydrogen-bond donors (Lipinski definition) is 2. The summed E-state index contributed by atoms with van der Waals surface area (Å²) < 4.78 is 21.3. The van der Waals surface area contributed by atoms with E-state index in [1.807, 2.05) is 58.1 Å². The molecule has 2 aromatic carbocycles. The second-order valence-electron chi connectivity index (χ2n) is 8.46. The lowest BCUT2D eigenvalue weighted by Crippen LogP contribution is -2.30. The standard InChI is InChI=1S/C27H23ClFN5O2S/c1-16(35)31-22-15-18(9-11-24(22)36-2)34-26(25(32-27(34)37)21-6-3-4-12-30-21)23-7-5-13-33(23)17-8-10-20(29)19(28)14-17/h3-15,25-26H,1-2H3,(H,31,35)(H,32,37)/t25-,26+/m0/s1. The molecule has 0 bridgehead atoms. The lowest BCUT2D eigenvalue weighted by molar-refractivity contribution is -0.114. The first-order valence-corrected chi connectivity index (χ1v) is 12.2. The Morgan fingerprint density at radius 1 is 1.14 bits per heavy atom. The van der Waals surface area contributed by atoms with Gasteiger partial charge in [0, 0.05) is 36.4 Å². The summed E-state index contributed by atoms with van der Waals surface area (Å²) in [6.45, 7) is 1.44. The predicted molar refractivity (Wildman–Crippen MR) is 146 cm³/mol. The molecule has 1 amide bonds. The molecule has 5 rings (SSSR count). The van der Waals surface area contributed by atoms with Gasteiger partial charge >= 0.3 is 0 Å². The third kappa shape index (κ3) is 4.75. The minimum atomic E-state index is -0.487. The van der Waals surface area contributed by atoms with Gasteiger partial charge in [0.15, 0.2) is 5.11 Å². The number of aromatic nitrogens is 2. The number of carbonyl (C=O) groups is 1. The number of carbonyl (C=O) groups excluding carboxylic acids is 1. The Hall–Kier alpha value is -3.95. The molecule has 2 atom stereocenters. The van der Waals surface area contributed by atoms with Crippen LogP contribution in [0.15, 0.2) is 79.1 Å². The van der Waals surface area contributed by atoms with Gasteiger partial charge in [0.25, 0.3) is 0 Å². The normalized spacial score (nSPS) is 17.0. The number of methoxy groups -OCH3 is 1. The first-order valence-electron chi connectivity index (χ1n) is 11.5. The Balaban J connectivity index is 1.67. The first-order chi connectivity index (χ1) is 17.9. The van der Waals surface area contributed by atoms with E-state index in [1.165, 1.54) is 13.0 Å². The van der Waals surface area contributed by atoms with Gasteiger partial charge in [-0.2, -0.15) is 0 Å². The van der Waals surface area contributed by atoms with Crippen LogP contribution in [0.25, 0.3) is 5.69 Å². The number of amides is 1. The highest BCUT2D eigenvalue weighted by atomic mass is 35.5. The second-order valence-corrected chi connectivity index (χ2v) is 9.26. The molecule has 3 heterocycles. The van der Waals surface area contributed by atoms with Crippen molar-refractivity contribution in [1.29, 1.82) is 0 Å². The van der Waals surface area contributed by atoms with Crippen molar-refractivity contribution in [2.45, 2.75) is 19.0 Å². The van der Waals surface area contributed by atoms with E-state index in [1.54, 1.807) is 31.5 Å². The smallest absolute Gasteiger partial charge is 0.221 e. The van der Waals surface area contributed by atoms with Gasteiger partial charge in [-0.15, -0.1) is 0 Å². The highest BCUT2D eigenvalue weighted by Gasteiger charge is 2.42. The number of halogens is 2. The van der Waals surface area contributed by atoms with Crippen LogP contribution in [0.4, 0.5) is 15.8 Å². The van der Waals surface area contributed by atoms with E-state index < -0.39 is 5.82 Å². The average molecular weight is 536 g/mol. The number of benzene rings is 2. The van der Waals surface area contributed by atoms with Crippen molar-refractivity contribution < 1.29 is 13.9 Å². The summed E-state index contributed by atoms with van der Waals surface area (Å²) in [6.07, 6.45) is 3.63. The van der Waals surface area contributed by atoms with E-state index in [-0.39, 0.29) is 23.0 Å². The molecule has 1 saturated heterocycles. The SMILES string of the molecule is COc1ccc(N2C(=S)N[C@@H](c3ccccn3)[C@H]2c2cccn2-c2ccc(F)c(Cl)c2)cc1NC(C)=O. The highest BCUT2D eigenvalue weighted by Crippen LogP contribution is 2.44. The molecule has 10 heteroatoms. The molecule has 0 radical (unpaired) electrons. The molecule has 0 unspecified atom stereocenters. The molecule has 4 aromatic rings. The minimum absolute atomic E-state index is 0.0328. The van der Waals surface area contributed by atoms with Gasteiger partial charge in [-0.1, -0.05) is 17.7 Å². The maximum absolute atomic E-state index is 13.9. The van der Waals surface area contributed by atoms with Crippen molar-refractivity contribution in [3.63, 3.8) is 0 Å². The first kappa shape index (κ1) is 24.7. The highest BCUT2D eigenvalue weighted by molar-refractivity contribution is 7.80. The summed E-state index contributed by atoms with van der Waals surface area (Å²) in [6, 6.07) is 19.1. The Labute approximate surface area is 223 Å². The molecular formula is C27H23ClFN5O2S. The summed E-state index contributed by atoms with van der Waals surface area (Å²) in [5.74, 6) is -0.179. The zero-order valence-corrected chi connectivity index (χ0v) is 21.6. The third-order valence-electron chi connectivity index (χ3n) is 6.13. The van der Waals surface area contributed by atoms with Gasteiger partial charge in [0.1, 0.15) is 17.6 Å². The van der Waals surface area contributed by atoms with Crippen LogP contribution in [-0.2, 0) is 4.79 Å². The van der Waals surface area contributed by atoms with Crippen molar-refractivity contribution in [2.24, 2.45) is 0 Å². The van der Waals surface area contributed by atoms with E-state index in [0.29, 0.717) is 22.2 Å². The third-order valence-corrected chi connectivity index (χ3v) is 6.74. The van der Waals surface area contributed by atoms with Crippen LogP contribution in [0.2, 0.25) is 5.02 Å². The minimum Gasteiger partial charge on any atom is -0.495 e. The topological polar surface area (TPSA) is 71.4 Å². The molecule has 2 N–H and O–H groups in total. The van der Waals surface area contributed by atoms with Crippen LogP contribution >= 0.6 is 23.8 Å². The Kier molecular flexibility index (Phi) is 6.82. The van der Waals surface area contributed by atoms with E-state index in [4.69, 9.17) is 28.6 Å². The number of hydrogen-bond acceptors (Lipinski definition) is 4. The molecular weight excluding hydrogens is 513 g/mol. The lowest BCUT2D eigenvalue weighted by Gasteiger charge is -2.29. The quantitative estimate of drug-likeness (QED) is 0.304. The molecule has 188 valence electrons. The van der Waals surface area contributed by atoms with E-state index >= 15 is 0 Å². The van der Waals surface area contributed by atoms with Gasteiger partial charge in [0.2, 0.25) is 5.91 Å². The fraction of sp³-hybridized carbons (Fsp3) is 0.148. The van der Waals surface area contributed by atoms with Crippen LogP contribution in [0.5, 0.6) is 5.75 Å². The van der Waals surface area contributed by atoms with Gasteiger partial charge in [0.05, 0.1) is 29.6 Å². The van der Waals surface area contributed by atoms with Crippen LogP contribution in [0.3, 0.4) is 0 Å². The number of anilines is 2. The van der Waals surface area contributed by atoms with Crippen LogP contribution in [-0.4, -0.2) is 27.7 Å². The maximum Gasteiger partial charge on any atom is 0.221 e. The number of rotatable bonds is 6. The molecule has 0 spiro atoms. The van der Waals surface area contributed by atoms with E-state index in [9.17, 15) is 9.18 Å². The zero-order valence-electron chi connectivity index (χ0n) is 20.0. The summed E-state index contributed by atoms with van der Waals surface area (Å²) in [5.41, 5.74) is 3.66. The average Bonchev–Trinajstić information content (AvgIpc) is 3.50. The van der Waals surface area contributed by atoms with Crippen LogP contribution in [0.1, 0.15) is 30.4 Å².